The lowest BCUT2D eigenvalue weighted by atomic mass is 10.2. The van der Waals surface area contributed by atoms with Gasteiger partial charge in [0.1, 0.15) is 5.76 Å². The molecule has 0 aromatic carbocycles. The van der Waals surface area contributed by atoms with Crippen molar-refractivity contribution in [3.05, 3.63) is 22.6 Å². The van der Waals surface area contributed by atoms with Crippen molar-refractivity contribution in [1.82, 2.24) is 5.32 Å². The molecule has 2 nitrogen and oxygen atoms in total. The van der Waals surface area contributed by atoms with Crippen molar-refractivity contribution in [3.8, 4) is 0 Å². The highest BCUT2D eigenvalue weighted by atomic mass is 79.9. The lowest BCUT2D eigenvalue weighted by Gasteiger charge is -2.11. The van der Waals surface area contributed by atoms with E-state index in [2.05, 4.69) is 39.9 Å². The molecule has 0 aliphatic heterocycles. The van der Waals surface area contributed by atoms with Gasteiger partial charge < -0.3 is 9.73 Å². The van der Waals surface area contributed by atoms with Crippen LogP contribution in [0.25, 0.3) is 0 Å². The average Bonchev–Trinajstić information content (AvgIpc) is 2.85. The van der Waals surface area contributed by atoms with Gasteiger partial charge in [0, 0.05) is 11.3 Å². The molecule has 0 spiro atoms. The van der Waals surface area contributed by atoms with Gasteiger partial charge in [-0.25, -0.2) is 0 Å². The van der Waals surface area contributed by atoms with E-state index in [1.807, 2.05) is 12.1 Å². The van der Waals surface area contributed by atoms with Gasteiger partial charge in [-0.1, -0.05) is 6.92 Å². The summed E-state index contributed by atoms with van der Waals surface area (Å²) >= 11 is 5.42. The predicted molar refractivity (Wildman–Crippen MR) is 72.8 cm³/mol. The maximum absolute atomic E-state index is 5.47. The Hall–Kier alpha value is 0.0700. The van der Waals surface area contributed by atoms with Crippen LogP contribution in [0, 0.1) is 0 Å². The minimum Gasteiger partial charge on any atom is -0.453 e. The molecule has 1 aromatic rings. The highest BCUT2D eigenvalue weighted by Gasteiger charge is 2.24. The number of thioether (sulfide) groups is 1. The van der Waals surface area contributed by atoms with Crippen LogP contribution in [0.2, 0.25) is 0 Å². The molecule has 0 radical (unpaired) electrons. The molecular formula is C12H18BrNOS. The van der Waals surface area contributed by atoms with E-state index in [4.69, 9.17) is 4.42 Å². The molecule has 1 aromatic heterocycles. The molecule has 2 rings (SSSR count). The maximum atomic E-state index is 5.47. The van der Waals surface area contributed by atoms with Crippen LogP contribution in [0.1, 0.15) is 31.9 Å². The minimum atomic E-state index is 0.674. The summed E-state index contributed by atoms with van der Waals surface area (Å²) in [5, 5.41) is 4.44. The topological polar surface area (TPSA) is 25.2 Å². The average molecular weight is 304 g/mol. The molecule has 2 unspecified atom stereocenters. The summed E-state index contributed by atoms with van der Waals surface area (Å²) in [5.41, 5.74) is 0. The lowest BCUT2D eigenvalue weighted by molar-refractivity contribution is 0.435. The van der Waals surface area contributed by atoms with Gasteiger partial charge in [-0.05, 0) is 53.1 Å². The predicted octanol–water partition coefficient (Wildman–Crippen LogP) is 3.81. The van der Waals surface area contributed by atoms with Gasteiger partial charge in [-0.2, -0.15) is 11.8 Å². The van der Waals surface area contributed by atoms with E-state index in [1.54, 1.807) is 0 Å². The smallest absolute Gasteiger partial charge is 0.169 e. The monoisotopic (exact) mass is 303 g/mol. The van der Waals surface area contributed by atoms with Gasteiger partial charge in [0.15, 0.2) is 4.67 Å². The molecule has 2 atom stereocenters. The minimum absolute atomic E-state index is 0.674. The molecule has 1 N–H and O–H groups in total. The van der Waals surface area contributed by atoms with Gasteiger partial charge in [0.2, 0.25) is 0 Å². The second-order valence-corrected chi connectivity index (χ2v) is 6.53. The van der Waals surface area contributed by atoms with E-state index in [0.717, 1.165) is 22.2 Å². The van der Waals surface area contributed by atoms with E-state index in [1.165, 1.54) is 25.0 Å². The SMILES string of the molecule is CCSC1CCC(NCc2ccc(Br)o2)C1. The van der Waals surface area contributed by atoms with Crippen molar-refractivity contribution in [3.63, 3.8) is 0 Å². The fraction of sp³-hybridized carbons (Fsp3) is 0.667. The van der Waals surface area contributed by atoms with Crippen LogP contribution in [0.5, 0.6) is 0 Å². The third kappa shape index (κ3) is 3.54. The van der Waals surface area contributed by atoms with E-state index in [-0.39, 0.29) is 0 Å². The van der Waals surface area contributed by atoms with Gasteiger partial charge in [-0.15, -0.1) is 0 Å². The molecule has 1 aliphatic carbocycles. The zero-order valence-corrected chi connectivity index (χ0v) is 11.9. The standard InChI is InChI=1S/C12H18BrNOS/c1-2-16-11-5-3-9(7-11)14-8-10-4-6-12(13)15-10/h4,6,9,11,14H,2-3,5,7-8H2,1H3. The Morgan fingerprint density at radius 2 is 2.38 bits per heavy atom. The van der Waals surface area contributed by atoms with Crippen LogP contribution in [0.4, 0.5) is 0 Å². The first-order chi connectivity index (χ1) is 7.78. The molecule has 1 heterocycles. The van der Waals surface area contributed by atoms with Crippen LogP contribution in [-0.2, 0) is 6.54 Å². The number of hydrogen-bond acceptors (Lipinski definition) is 3. The molecule has 16 heavy (non-hydrogen) atoms. The molecule has 1 aliphatic rings. The van der Waals surface area contributed by atoms with E-state index < -0.39 is 0 Å². The Kier molecular flexibility index (Phi) is 4.79. The fourth-order valence-electron chi connectivity index (χ4n) is 2.20. The second kappa shape index (κ2) is 6.12. The van der Waals surface area contributed by atoms with Gasteiger partial charge in [0.05, 0.1) is 6.54 Å². The summed E-state index contributed by atoms with van der Waals surface area (Å²) in [7, 11) is 0. The fourth-order valence-corrected chi connectivity index (χ4v) is 3.69. The van der Waals surface area contributed by atoms with E-state index in [0.29, 0.717) is 6.04 Å². The Balaban J connectivity index is 1.71. The van der Waals surface area contributed by atoms with Crippen LogP contribution < -0.4 is 5.32 Å². The van der Waals surface area contributed by atoms with Crippen molar-refractivity contribution in [2.75, 3.05) is 5.75 Å². The molecule has 1 fully saturated rings. The van der Waals surface area contributed by atoms with E-state index in [9.17, 15) is 0 Å². The summed E-state index contributed by atoms with van der Waals surface area (Å²) in [6.45, 7) is 3.09. The first-order valence-corrected chi connectivity index (χ1v) is 7.71. The molecular weight excluding hydrogens is 286 g/mol. The Morgan fingerprint density at radius 1 is 1.50 bits per heavy atom. The summed E-state index contributed by atoms with van der Waals surface area (Å²) in [5.74, 6) is 2.25. The third-order valence-electron chi connectivity index (χ3n) is 2.98. The Bertz CT molecular complexity index is 329. The summed E-state index contributed by atoms with van der Waals surface area (Å²) < 4.78 is 6.28. The Labute approximate surface area is 110 Å². The zero-order valence-electron chi connectivity index (χ0n) is 9.54. The number of hydrogen-bond donors (Lipinski definition) is 1. The van der Waals surface area contributed by atoms with Crippen molar-refractivity contribution in [2.45, 2.75) is 44.0 Å². The largest absolute Gasteiger partial charge is 0.453 e. The summed E-state index contributed by atoms with van der Waals surface area (Å²) in [6, 6.07) is 4.64. The molecule has 90 valence electrons. The quantitative estimate of drug-likeness (QED) is 0.895. The van der Waals surface area contributed by atoms with Crippen LogP contribution >= 0.6 is 27.7 Å². The normalized spacial score (nSPS) is 25.1. The van der Waals surface area contributed by atoms with Crippen molar-refractivity contribution >= 4 is 27.7 Å². The van der Waals surface area contributed by atoms with Gasteiger partial charge in [0.25, 0.3) is 0 Å². The highest BCUT2D eigenvalue weighted by Crippen LogP contribution is 2.29. The lowest BCUT2D eigenvalue weighted by Crippen LogP contribution is -2.25. The van der Waals surface area contributed by atoms with E-state index >= 15 is 0 Å². The van der Waals surface area contributed by atoms with Gasteiger partial charge in [-0.3, -0.25) is 0 Å². The number of halogens is 1. The number of rotatable bonds is 5. The second-order valence-electron chi connectivity index (χ2n) is 4.17. The summed E-state index contributed by atoms with van der Waals surface area (Å²) in [4.78, 5) is 0. The Morgan fingerprint density at radius 3 is 3.06 bits per heavy atom. The zero-order chi connectivity index (χ0) is 11.4. The first-order valence-electron chi connectivity index (χ1n) is 5.87. The molecule has 0 bridgehead atoms. The van der Waals surface area contributed by atoms with Crippen molar-refractivity contribution in [1.29, 1.82) is 0 Å². The maximum Gasteiger partial charge on any atom is 0.169 e. The third-order valence-corrected chi connectivity index (χ3v) is 4.64. The molecule has 0 amide bonds. The van der Waals surface area contributed by atoms with Crippen LogP contribution in [0.3, 0.4) is 0 Å². The number of furan rings is 1. The molecule has 4 heteroatoms. The highest BCUT2D eigenvalue weighted by molar-refractivity contribution is 9.10. The molecule has 1 saturated carbocycles. The first kappa shape index (κ1) is 12.5. The van der Waals surface area contributed by atoms with Crippen molar-refractivity contribution in [2.24, 2.45) is 0 Å². The number of nitrogens with one attached hydrogen (secondary N) is 1. The summed E-state index contributed by atoms with van der Waals surface area (Å²) in [6.07, 6.45) is 3.97. The van der Waals surface area contributed by atoms with Gasteiger partial charge >= 0.3 is 0 Å². The van der Waals surface area contributed by atoms with Crippen LogP contribution in [-0.4, -0.2) is 17.0 Å². The molecule has 0 saturated heterocycles. The van der Waals surface area contributed by atoms with Crippen molar-refractivity contribution < 1.29 is 4.42 Å². The van der Waals surface area contributed by atoms with Crippen LogP contribution in [0.15, 0.2) is 21.2 Å².